The molecule has 0 aromatic carbocycles. The summed E-state index contributed by atoms with van der Waals surface area (Å²) >= 11 is 0. The number of piperidine rings is 1. The Bertz CT molecular complexity index is 418. The van der Waals surface area contributed by atoms with Crippen LogP contribution >= 0.6 is 0 Å². The van der Waals surface area contributed by atoms with Crippen LogP contribution in [0.1, 0.15) is 31.5 Å². The van der Waals surface area contributed by atoms with E-state index < -0.39 is 0 Å². The van der Waals surface area contributed by atoms with Crippen molar-refractivity contribution in [2.45, 2.75) is 32.1 Å². The standard InChI is InChI=1S/C15H28N6/c1-16-12-13-4-10-21(11-5-13)15-17-14(18-19-15)6-9-20-7-2-3-8-20/h13,16H,2-12H2,1H3,(H,17,18,19). The smallest absolute Gasteiger partial charge is 0.244 e. The molecule has 6 heteroatoms. The van der Waals surface area contributed by atoms with Crippen molar-refractivity contribution in [3.63, 3.8) is 0 Å². The van der Waals surface area contributed by atoms with Crippen LogP contribution in [0.25, 0.3) is 0 Å². The van der Waals surface area contributed by atoms with Crippen LogP contribution in [-0.2, 0) is 6.42 Å². The van der Waals surface area contributed by atoms with Crippen LogP contribution in [0.15, 0.2) is 0 Å². The zero-order valence-corrected chi connectivity index (χ0v) is 13.1. The number of likely N-dealkylation sites (tertiary alicyclic amines) is 1. The van der Waals surface area contributed by atoms with Crippen LogP contribution in [0.3, 0.4) is 0 Å². The van der Waals surface area contributed by atoms with Crippen LogP contribution in [0.5, 0.6) is 0 Å². The molecular formula is C15H28N6. The van der Waals surface area contributed by atoms with Gasteiger partial charge in [0.25, 0.3) is 0 Å². The summed E-state index contributed by atoms with van der Waals surface area (Å²) in [7, 11) is 2.04. The van der Waals surface area contributed by atoms with Gasteiger partial charge in [-0.15, -0.1) is 5.10 Å². The fraction of sp³-hybridized carbons (Fsp3) is 0.867. The van der Waals surface area contributed by atoms with Gasteiger partial charge in [0.15, 0.2) is 0 Å². The van der Waals surface area contributed by atoms with Crippen LogP contribution in [0, 0.1) is 5.92 Å². The highest BCUT2D eigenvalue weighted by Gasteiger charge is 2.21. The van der Waals surface area contributed by atoms with Crippen LogP contribution < -0.4 is 10.2 Å². The maximum atomic E-state index is 4.68. The normalized spacial score (nSPS) is 21.3. The summed E-state index contributed by atoms with van der Waals surface area (Å²) in [4.78, 5) is 9.52. The zero-order valence-electron chi connectivity index (χ0n) is 13.1. The van der Waals surface area contributed by atoms with Gasteiger partial charge in [-0.1, -0.05) is 0 Å². The van der Waals surface area contributed by atoms with Crippen LogP contribution in [0.4, 0.5) is 5.95 Å². The third-order valence-electron chi connectivity index (χ3n) is 4.77. The van der Waals surface area contributed by atoms with E-state index in [4.69, 9.17) is 0 Å². The highest BCUT2D eigenvalue weighted by molar-refractivity contribution is 5.29. The van der Waals surface area contributed by atoms with Gasteiger partial charge in [-0.05, 0) is 58.3 Å². The van der Waals surface area contributed by atoms with Gasteiger partial charge in [-0.3, -0.25) is 5.10 Å². The number of rotatable bonds is 6. The zero-order chi connectivity index (χ0) is 14.5. The van der Waals surface area contributed by atoms with Crippen molar-refractivity contribution in [3.8, 4) is 0 Å². The molecule has 2 fully saturated rings. The largest absolute Gasteiger partial charge is 0.340 e. The number of anilines is 1. The molecule has 0 amide bonds. The summed E-state index contributed by atoms with van der Waals surface area (Å²) in [6.07, 6.45) is 6.16. The fourth-order valence-corrected chi connectivity index (χ4v) is 3.43. The van der Waals surface area contributed by atoms with Gasteiger partial charge in [0.2, 0.25) is 5.95 Å². The van der Waals surface area contributed by atoms with Gasteiger partial charge in [0, 0.05) is 26.1 Å². The highest BCUT2D eigenvalue weighted by Crippen LogP contribution is 2.20. The van der Waals surface area contributed by atoms with Crippen molar-refractivity contribution in [1.82, 2.24) is 25.4 Å². The highest BCUT2D eigenvalue weighted by atomic mass is 15.4. The first kappa shape index (κ1) is 14.8. The van der Waals surface area contributed by atoms with E-state index in [-0.39, 0.29) is 0 Å². The Balaban J connectivity index is 1.46. The van der Waals surface area contributed by atoms with Crippen molar-refractivity contribution in [2.75, 3.05) is 51.2 Å². The molecular weight excluding hydrogens is 264 g/mol. The number of aromatic nitrogens is 3. The fourth-order valence-electron chi connectivity index (χ4n) is 3.43. The molecule has 118 valence electrons. The van der Waals surface area contributed by atoms with Crippen LogP contribution in [0.2, 0.25) is 0 Å². The third kappa shape index (κ3) is 3.95. The predicted octanol–water partition coefficient (Wildman–Crippen LogP) is 0.879. The molecule has 2 N–H and O–H groups in total. The second kappa shape index (κ2) is 7.22. The molecule has 2 saturated heterocycles. The lowest BCUT2D eigenvalue weighted by atomic mass is 9.97. The molecule has 0 aliphatic carbocycles. The molecule has 0 atom stereocenters. The maximum absolute atomic E-state index is 4.68. The monoisotopic (exact) mass is 292 g/mol. The van der Waals surface area contributed by atoms with Crippen molar-refractivity contribution in [2.24, 2.45) is 5.92 Å². The molecule has 0 saturated carbocycles. The summed E-state index contributed by atoms with van der Waals surface area (Å²) in [6, 6.07) is 0. The van der Waals surface area contributed by atoms with E-state index in [0.717, 1.165) is 50.3 Å². The molecule has 3 rings (SSSR count). The average molecular weight is 292 g/mol. The third-order valence-corrected chi connectivity index (χ3v) is 4.77. The molecule has 0 unspecified atom stereocenters. The summed E-state index contributed by atoms with van der Waals surface area (Å²) in [6.45, 7) is 6.90. The van der Waals surface area contributed by atoms with Gasteiger partial charge in [0.1, 0.15) is 5.82 Å². The van der Waals surface area contributed by atoms with Crippen molar-refractivity contribution in [1.29, 1.82) is 0 Å². The predicted molar refractivity (Wildman–Crippen MR) is 84.6 cm³/mol. The lowest BCUT2D eigenvalue weighted by molar-refractivity contribution is 0.341. The molecule has 21 heavy (non-hydrogen) atoms. The summed E-state index contributed by atoms with van der Waals surface area (Å²) in [5.41, 5.74) is 0. The molecule has 2 aliphatic rings. The number of nitrogens with one attached hydrogen (secondary N) is 2. The number of nitrogens with zero attached hydrogens (tertiary/aromatic N) is 4. The first-order valence-corrected chi connectivity index (χ1v) is 8.38. The van der Waals surface area contributed by atoms with E-state index in [9.17, 15) is 0 Å². The minimum Gasteiger partial charge on any atom is -0.340 e. The topological polar surface area (TPSA) is 60.1 Å². The van der Waals surface area contributed by atoms with Crippen molar-refractivity contribution >= 4 is 5.95 Å². The minimum absolute atomic E-state index is 0.805. The van der Waals surface area contributed by atoms with E-state index in [1.54, 1.807) is 0 Å². The Kier molecular flexibility index (Phi) is 5.08. The first-order chi connectivity index (χ1) is 10.3. The van der Waals surface area contributed by atoms with E-state index >= 15 is 0 Å². The number of hydrogen-bond donors (Lipinski definition) is 2. The number of aromatic amines is 1. The minimum atomic E-state index is 0.805. The molecule has 3 heterocycles. The van der Waals surface area contributed by atoms with Gasteiger partial charge >= 0.3 is 0 Å². The first-order valence-electron chi connectivity index (χ1n) is 8.38. The Morgan fingerprint density at radius 1 is 1.19 bits per heavy atom. The molecule has 0 radical (unpaired) electrons. The number of H-pyrrole nitrogens is 1. The second-order valence-corrected chi connectivity index (χ2v) is 6.37. The molecule has 1 aromatic rings. The van der Waals surface area contributed by atoms with E-state index in [1.807, 2.05) is 7.05 Å². The van der Waals surface area contributed by atoms with Gasteiger partial charge in [0.05, 0.1) is 0 Å². The van der Waals surface area contributed by atoms with Gasteiger partial charge in [-0.25, -0.2) is 0 Å². The Labute approximate surface area is 127 Å². The van der Waals surface area contributed by atoms with Crippen molar-refractivity contribution < 1.29 is 0 Å². The molecule has 1 aromatic heterocycles. The van der Waals surface area contributed by atoms with Crippen molar-refractivity contribution in [3.05, 3.63) is 5.82 Å². The van der Waals surface area contributed by atoms with E-state index in [2.05, 4.69) is 30.3 Å². The molecule has 2 aliphatic heterocycles. The summed E-state index contributed by atoms with van der Waals surface area (Å²) < 4.78 is 0. The summed E-state index contributed by atoms with van der Waals surface area (Å²) in [5, 5.41) is 10.8. The SMILES string of the molecule is CNCC1CCN(c2n[nH]c(CCN3CCCC3)n2)CC1. The van der Waals surface area contributed by atoms with Gasteiger partial charge in [-0.2, -0.15) is 4.98 Å². The maximum Gasteiger partial charge on any atom is 0.244 e. The Morgan fingerprint density at radius 3 is 2.67 bits per heavy atom. The lowest BCUT2D eigenvalue weighted by Gasteiger charge is -2.30. The average Bonchev–Trinajstić information content (AvgIpc) is 3.18. The Morgan fingerprint density at radius 2 is 1.95 bits per heavy atom. The second-order valence-electron chi connectivity index (χ2n) is 6.37. The van der Waals surface area contributed by atoms with Gasteiger partial charge < -0.3 is 15.1 Å². The molecule has 0 bridgehead atoms. The Hall–Kier alpha value is -1.14. The quantitative estimate of drug-likeness (QED) is 0.815. The molecule has 0 spiro atoms. The van der Waals surface area contributed by atoms with E-state index in [0.29, 0.717) is 0 Å². The van der Waals surface area contributed by atoms with E-state index in [1.165, 1.54) is 38.8 Å². The van der Waals surface area contributed by atoms with Crippen LogP contribution in [-0.4, -0.2) is 66.4 Å². The number of hydrogen-bond acceptors (Lipinski definition) is 5. The lowest BCUT2D eigenvalue weighted by Crippen LogP contribution is -2.37. The summed E-state index contributed by atoms with van der Waals surface area (Å²) in [5.74, 6) is 2.74. The molecule has 6 nitrogen and oxygen atoms in total.